The number of carbonyl (C=O) groups is 1. The van der Waals surface area contributed by atoms with E-state index in [9.17, 15) is 4.79 Å². The molecule has 0 saturated heterocycles. The third kappa shape index (κ3) is 3.83. The molecule has 3 aromatic rings. The predicted octanol–water partition coefficient (Wildman–Crippen LogP) is 3.47. The van der Waals surface area contributed by atoms with Crippen molar-refractivity contribution in [1.82, 2.24) is 15.0 Å². The molecular weight excluding hydrogens is 380 g/mol. The zero-order valence-electron chi connectivity index (χ0n) is 17.3. The van der Waals surface area contributed by atoms with Crippen LogP contribution in [0.5, 0.6) is 11.5 Å². The van der Waals surface area contributed by atoms with Gasteiger partial charge in [0.1, 0.15) is 11.6 Å². The van der Waals surface area contributed by atoms with E-state index in [-0.39, 0.29) is 11.8 Å². The molecule has 4 rings (SSSR count). The van der Waals surface area contributed by atoms with Crippen LogP contribution in [0.3, 0.4) is 0 Å². The van der Waals surface area contributed by atoms with Gasteiger partial charge in [0, 0.05) is 17.2 Å². The third-order valence-corrected chi connectivity index (χ3v) is 5.50. The van der Waals surface area contributed by atoms with E-state index in [2.05, 4.69) is 20.3 Å². The van der Waals surface area contributed by atoms with Gasteiger partial charge in [0.15, 0.2) is 5.75 Å². The number of amides is 1. The van der Waals surface area contributed by atoms with Crippen molar-refractivity contribution in [3.63, 3.8) is 0 Å². The van der Waals surface area contributed by atoms with Gasteiger partial charge in [-0.1, -0.05) is 18.2 Å². The summed E-state index contributed by atoms with van der Waals surface area (Å²) in [5, 5.41) is 2.96. The molecule has 0 radical (unpaired) electrons. The SMILES string of the molecule is COc1ccccc1C1(COc2cnc(C)nc2C)CC1C(=O)Nc1cccnc1. The fourth-order valence-electron chi connectivity index (χ4n) is 3.83. The maximum absolute atomic E-state index is 13.0. The highest BCUT2D eigenvalue weighted by molar-refractivity contribution is 5.96. The molecule has 1 aliphatic carbocycles. The molecule has 1 aromatic carbocycles. The highest BCUT2D eigenvalue weighted by Gasteiger charge is 2.61. The summed E-state index contributed by atoms with van der Waals surface area (Å²) in [6.07, 6.45) is 5.65. The molecule has 154 valence electrons. The van der Waals surface area contributed by atoms with Crippen LogP contribution in [-0.4, -0.2) is 34.6 Å². The molecule has 0 bridgehead atoms. The number of carbonyl (C=O) groups excluding carboxylic acids is 1. The minimum absolute atomic E-state index is 0.0608. The number of pyridine rings is 1. The first-order chi connectivity index (χ1) is 14.5. The minimum Gasteiger partial charge on any atom is -0.496 e. The first-order valence-electron chi connectivity index (χ1n) is 9.81. The molecule has 2 unspecified atom stereocenters. The van der Waals surface area contributed by atoms with Gasteiger partial charge in [-0.05, 0) is 38.5 Å². The summed E-state index contributed by atoms with van der Waals surface area (Å²) in [5.41, 5.74) is 1.92. The topological polar surface area (TPSA) is 86.2 Å². The molecule has 1 aliphatic rings. The first kappa shape index (κ1) is 19.8. The number of rotatable bonds is 7. The Morgan fingerprint density at radius 2 is 2.00 bits per heavy atom. The number of anilines is 1. The maximum Gasteiger partial charge on any atom is 0.228 e. The lowest BCUT2D eigenvalue weighted by atomic mass is 9.92. The number of aryl methyl sites for hydroxylation is 2. The number of nitrogens with zero attached hydrogens (tertiary/aromatic N) is 3. The number of nitrogens with one attached hydrogen (secondary N) is 1. The summed E-state index contributed by atoms with van der Waals surface area (Å²) in [4.78, 5) is 25.7. The van der Waals surface area contributed by atoms with Gasteiger partial charge in [0.2, 0.25) is 5.91 Å². The first-order valence-corrected chi connectivity index (χ1v) is 9.81. The highest BCUT2D eigenvalue weighted by Crippen LogP contribution is 2.57. The van der Waals surface area contributed by atoms with Crippen molar-refractivity contribution in [2.24, 2.45) is 5.92 Å². The monoisotopic (exact) mass is 404 g/mol. The summed E-state index contributed by atoms with van der Waals surface area (Å²) >= 11 is 0. The van der Waals surface area contributed by atoms with E-state index in [0.717, 1.165) is 17.0 Å². The Balaban J connectivity index is 1.60. The summed E-state index contributed by atoms with van der Waals surface area (Å²) in [7, 11) is 1.64. The summed E-state index contributed by atoms with van der Waals surface area (Å²) in [5.74, 6) is 1.75. The number of hydrogen-bond donors (Lipinski definition) is 1. The number of methoxy groups -OCH3 is 1. The van der Waals surface area contributed by atoms with Gasteiger partial charge >= 0.3 is 0 Å². The van der Waals surface area contributed by atoms with Crippen molar-refractivity contribution in [3.8, 4) is 11.5 Å². The molecule has 0 spiro atoms. The second kappa shape index (κ2) is 8.10. The van der Waals surface area contributed by atoms with Gasteiger partial charge in [-0.15, -0.1) is 0 Å². The van der Waals surface area contributed by atoms with Gasteiger partial charge in [-0.2, -0.15) is 0 Å². The summed E-state index contributed by atoms with van der Waals surface area (Å²) in [6.45, 7) is 4.05. The molecule has 30 heavy (non-hydrogen) atoms. The van der Waals surface area contributed by atoms with Gasteiger partial charge in [0.25, 0.3) is 0 Å². The molecule has 7 nitrogen and oxygen atoms in total. The number of aromatic nitrogens is 3. The van der Waals surface area contributed by atoms with Crippen molar-refractivity contribution in [1.29, 1.82) is 0 Å². The van der Waals surface area contributed by atoms with Crippen LogP contribution >= 0.6 is 0 Å². The Kier molecular flexibility index (Phi) is 5.35. The van der Waals surface area contributed by atoms with E-state index in [0.29, 0.717) is 30.3 Å². The summed E-state index contributed by atoms with van der Waals surface area (Å²) < 4.78 is 11.7. The smallest absolute Gasteiger partial charge is 0.228 e. The Bertz CT molecular complexity index is 1060. The quantitative estimate of drug-likeness (QED) is 0.649. The zero-order valence-corrected chi connectivity index (χ0v) is 17.3. The Hall–Kier alpha value is -3.48. The lowest BCUT2D eigenvalue weighted by molar-refractivity contribution is -0.117. The van der Waals surface area contributed by atoms with Crippen LogP contribution in [0.25, 0.3) is 0 Å². The van der Waals surface area contributed by atoms with Crippen molar-refractivity contribution in [2.75, 3.05) is 19.0 Å². The number of para-hydroxylation sites is 1. The second-order valence-corrected chi connectivity index (χ2v) is 7.50. The van der Waals surface area contributed by atoms with E-state index >= 15 is 0 Å². The normalized spacial score (nSPS) is 19.8. The van der Waals surface area contributed by atoms with E-state index in [1.54, 1.807) is 31.8 Å². The largest absolute Gasteiger partial charge is 0.496 e. The molecule has 1 N–H and O–H groups in total. The molecular formula is C23H24N4O3. The van der Waals surface area contributed by atoms with Crippen molar-refractivity contribution in [2.45, 2.75) is 25.7 Å². The van der Waals surface area contributed by atoms with Crippen molar-refractivity contribution >= 4 is 11.6 Å². The lowest BCUT2D eigenvalue weighted by Crippen LogP contribution is -2.27. The Morgan fingerprint density at radius 1 is 1.17 bits per heavy atom. The second-order valence-electron chi connectivity index (χ2n) is 7.50. The standard InChI is InChI=1S/C23H24N4O3/c1-15-21(13-25-16(2)26-15)30-14-23(18-8-4-5-9-20(18)29-3)11-19(23)22(28)27-17-7-6-10-24-12-17/h4-10,12-13,19H,11,14H2,1-3H3,(H,27,28). The average Bonchev–Trinajstić information content (AvgIpc) is 3.50. The maximum atomic E-state index is 13.0. The van der Waals surface area contributed by atoms with Crippen molar-refractivity contribution in [3.05, 3.63) is 72.1 Å². The van der Waals surface area contributed by atoms with E-state index in [1.807, 2.05) is 44.2 Å². The molecule has 2 aromatic heterocycles. The van der Waals surface area contributed by atoms with Crippen LogP contribution in [-0.2, 0) is 10.2 Å². The van der Waals surface area contributed by atoms with Gasteiger partial charge in [0.05, 0.1) is 43.4 Å². The van der Waals surface area contributed by atoms with Gasteiger partial charge in [-0.25, -0.2) is 9.97 Å². The van der Waals surface area contributed by atoms with Gasteiger partial charge < -0.3 is 14.8 Å². The molecule has 7 heteroatoms. The van der Waals surface area contributed by atoms with Crippen LogP contribution in [0.4, 0.5) is 5.69 Å². The van der Waals surface area contributed by atoms with Crippen LogP contribution in [0.15, 0.2) is 55.0 Å². The van der Waals surface area contributed by atoms with E-state index in [4.69, 9.17) is 9.47 Å². The minimum atomic E-state index is -0.490. The molecule has 1 amide bonds. The van der Waals surface area contributed by atoms with Gasteiger partial charge in [-0.3, -0.25) is 9.78 Å². The number of benzene rings is 1. The third-order valence-electron chi connectivity index (χ3n) is 5.50. The fourth-order valence-corrected chi connectivity index (χ4v) is 3.83. The average molecular weight is 404 g/mol. The van der Waals surface area contributed by atoms with E-state index < -0.39 is 5.41 Å². The van der Waals surface area contributed by atoms with Crippen LogP contribution in [0.2, 0.25) is 0 Å². The number of hydrogen-bond acceptors (Lipinski definition) is 6. The Labute approximate surface area is 175 Å². The number of ether oxygens (including phenoxy) is 2. The van der Waals surface area contributed by atoms with Crippen LogP contribution < -0.4 is 14.8 Å². The molecule has 1 saturated carbocycles. The lowest BCUT2D eigenvalue weighted by Gasteiger charge is -2.21. The van der Waals surface area contributed by atoms with Crippen LogP contribution in [0.1, 0.15) is 23.5 Å². The predicted molar refractivity (Wildman–Crippen MR) is 113 cm³/mol. The Morgan fingerprint density at radius 3 is 2.73 bits per heavy atom. The summed E-state index contributed by atoms with van der Waals surface area (Å²) in [6, 6.07) is 11.4. The molecule has 1 fully saturated rings. The van der Waals surface area contributed by atoms with Crippen LogP contribution in [0, 0.1) is 19.8 Å². The molecule has 2 atom stereocenters. The highest BCUT2D eigenvalue weighted by atomic mass is 16.5. The van der Waals surface area contributed by atoms with E-state index in [1.165, 1.54) is 0 Å². The molecule has 2 heterocycles. The molecule has 0 aliphatic heterocycles. The fraction of sp³-hybridized carbons (Fsp3) is 0.304. The van der Waals surface area contributed by atoms with Crippen molar-refractivity contribution < 1.29 is 14.3 Å². The zero-order chi connectivity index (χ0) is 21.1.